The summed E-state index contributed by atoms with van der Waals surface area (Å²) in [4.78, 5) is 14.8. The number of halogens is 3. The van der Waals surface area contributed by atoms with Crippen LogP contribution in [0.3, 0.4) is 0 Å². The molecular formula is C9H10F3N3OS. The predicted molar refractivity (Wildman–Crippen MR) is 55.3 cm³/mol. The zero-order valence-electron chi connectivity index (χ0n) is 8.67. The summed E-state index contributed by atoms with van der Waals surface area (Å²) in [6.07, 6.45) is -4.42. The summed E-state index contributed by atoms with van der Waals surface area (Å²) in [5.41, 5.74) is -0.906. The first-order chi connectivity index (χ1) is 7.97. The summed E-state index contributed by atoms with van der Waals surface area (Å²) >= 11 is 0.894. The molecule has 8 heteroatoms. The highest BCUT2D eigenvalue weighted by Gasteiger charge is 2.33. The normalized spacial score (nSPS) is 16.6. The van der Waals surface area contributed by atoms with Crippen LogP contribution in [0.1, 0.15) is 10.7 Å². The van der Waals surface area contributed by atoms with Gasteiger partial charge in [-0.15, -0.1) is 11.3 Å². The number of nitrogens with zero attached hydrogens (tertiary/aromatic N) is 1. The molecule has 1 aromatic heterocycles. The van der Waals surface area contributed by atoms with Gasteiger partial charge in [0.15, 0.2) is 5.69 Å². The van der Waals surface area contributed by atoms with E-state index in [9.17, 15) is 18.0 Å². The Bertz CT molecular complexity index is 414. The van der Waals surface area contributed by atoms with E-state index in [4.69, 9.17) is 0 Å². The van der Waals surface area contributed by atoms with Gasteiger partial charge < -0.3 is 10.6 Å². The van der Waals surface area contributed by atoms with Gasteiger partial charge in [-0.05, 0) is 0 Å². The van der Waals surface area contributed by atoms with Crippen LogP contribution in [0.15, 0.2) is 5.38 Å². The predicted octanol–water partition coefficient (Wildman–Crippen LogP) is 0.997. The fraction of sp³-hybridized carbons (Fsp3) is 0.556. The van der Waals surface area contributed by atoms with Crippen LogP contribution in [0, 0.1) is 5.92 Å². The Morgan fingerprint density at radius 1 is 1.59 bits per heavy atom. The van der Waals surface area contributed by atoms with Gasteiger partial charge in [0, 0.05) is 18.5 Å². The number of aromatic nitrogens is 1. The summed E-state index contributed by atoms with van der Waals surface area (Å²) in [5, 5.41) is 6.72. The number of alkyl halides is 3. The first-order valence-electron chi connectivity index (χ1n) is 4.97. The Kier molecular flexibility index (Phi) is 3.34. The van der Waals surface area contributed by atoms with E-state index in [-0.39, 0.29) is 23.4 Å². The first-order valence-corrected chi connectivity index (χ1v) is 5.85. The van der Waals surface area contributed by atoms with Crippen LogP contribution < -0.4 is 10.6 Å². The van der Waals surface area contributed by atoms with E-state index in [1.54, 1.807) is 0 Å². The van der Waals surface area contributed by atoms with E-state index in [0.29, 0.717) is 13.1 Å². The van der Waals surface area contributed by atoms with Crippen LogP contribution >= 0.6 is 11.3 Å². The number of carbonyl (C=O) groups excluding carboxylic acids is 1. The van der Waals surface area contributed by atoms with Crippen LogP contribution in [0.2, 0.25) is 0 Å². The minimum atomic E-state index is -4.42. The molecule has 1 aromatic rings. The molecule has 17 heavy (non-hydrogen) atoms. The molecule has 4 nitrogen and oxygen atoms in total. The smallest absolute Gasteiger partial charge is 0.349 e. The molecule has 2 heterocycles. The molecule has 2 N–H and O–H groups in total. The highest BCUT2D eigenvalue weighted by atomic mass is 32.1. The second-order valence-electron chi connectivity index (χ2n) is 3.70. The average Bonchev–Trinajstić information content (AvgIpc) is 2.59. The van der Waals surface area contributed by atoms with Crippen molar-refractivity contribution in [2.45, 2.75) is 12.7 Å². The standard InChI is InChI=1S/C9H10F3N3OS/c10-9(11,12)6-4-17-7(15-6)3-14-8(16)5-1-13-2-5/h4-5,13H,1-3H2,(H,14,16). The zero-order valence-corrected chi connectivity index (χ0v) is 9.49. The van der Waals surface area contributed by atoms with Crippen molar-refractivity contribution >= 4 is 17.2 Å². The molecule has 0 radical (unpaired) electrons. The molecule has 1 aliphatic heterocycles. The molecule has 0 saturated carbocycles. The molecule has 1 aliphatic rings. The fourth-order valence-electron chi connectivity index (χ4n) is 1.30. The molecule has 0 atom stereocenters. The SMILES string of the molecule is O=C(NCc1nc(C(F)(F)F)cs1)C1CNC1. The number of amides is 1. The van der Waals surface area contributed by atoms with Gasteiger partial charge in [0.05, 0.1) is 12.5 Å². The zero-order chi connectivity index (χ0) is 12.5. The average molecular weight is 265 g/mol. The third kappa shape index (κ3) is 2.95. The van der Waals surface area contributed by atoms with E-state index >= 15 is 0 Å². The van der Waals surface area contributed by atoms with Crippen molar-refractivity contribution in [3.8, 4) is 0 Å². The monoisotopic (exact) mass is 265 g/mol. The maximum atomic E-state index is 12.2. The maximum absolute atomic E-state index is 12.2. The molecule has 0 aromatic carbocycles. The van der Waals surface area contributed by atoms with Crippen LogP contribution in [-0.4, -0.2) is 24.0 Å². The molecule has 0 spiro atoms. The van der Waals surface area contributed by atoms with Crippen molar-refractivity contribution in [3.63, 3.8) is 0 Å². The van der Waals surface area contributed by atoms with Crippen molar-refractivity contribution < 1.29 is 18.0 Å². The van der Waals surface area contributed by atoms with Gasteiger partial charge in [-0.25, -0.2) is 4.98 Å². The Morgan fingerprint density at radius 3 is 2.76 bits per heavy atom. The van der Waals surface area contributed by atoms with Gasteiger partial charge in [0.1, 0.15) is 5.01 Å². The number of thiazole rings is 1. The van der Waals surface area contributed by atoms with Gasteiger partial charge in [0.25, 0.3) is 0 Å². The van der Waals surface area contributed by atoms with Crippen LogP contribution in [0.25, 0.3) is 0 Å². The molecule has 1 amide bonds. The lowest BCUT2D eigenvalue weighted by atomic mass is 10.0. The van der Waals surface area contributed by atoms with Crippen molar-refractivity contribution in [1.29, 1.82) is 0 Å². The number of carbonyl (C=O) groups is 1. The number of nitrogens with one attached hydrogen (secondary N) is 2. The van der Waals surface area contributed by atoms with E-state index in [0.717, 1.165) is 16.7 Å². The summed E-state index contributed by atoms with van der Waals surface area (Å²) < 4.78 is 36.7. The molecule has 94 valence electrons. The number of hydrogen-bond donors (Lipinski definition) is 2. The van der Waals surface area contributed by atoms with Crippen LogP contribution in [0.5, 0.6) is 0 Å². The minimum Gasteiger partial charge on any atom is -0.349 e. The van der Waals surface area contributed by atoms with Gasteiger partial charge in [-0.3, -0.25) is 4.79 Å². The molecule has 1 saturated heterocycles. The lowest BCUT2D eigenvalue weighted by Crippen LogP contribution is -2.50. The topological polar surface area (TPSA) is 54.0 Å². The van der Waals surface area contributed by atoms with Crippen LogP contribution in [-0.2, 0) is 17.5 Å². The molecular weight excluding hydrogens is 255 g/mol. The molecule has 2 rings (SSSR count). The first kappa shape index (κ1) is 12.3. The fourth-order valence-corrected chi connectivity index (χ4v) is 2.04. The summed E-state index contributed by atoms with van der Waals surface area (Å²) in [5.74, 6) is -0.218. The van der Waals surface area contributed by atoms with E-state index < -0.39 is 11.9 Å². The minimum absolute atomic E-state index is 0.0517. The van der Waals surface area contributed by atoms with Crippen molar-refractivity contribution in [2.75, 3.05) is 13.1 Å². The highest BCUT2D eigenvalue weighted by Crippen LogP contribution is 2.29. The van der Waals surface area contributed by atoms with Gasteiger partial charge in [0.2, 0.25) is 5.91 Å². The van der Waals surface area contributed by atoms with E-state index in [1.165, 1.54) is 0 Å². The van der Waals surface area contributed by atoms with Crippen molar-refractivity contribution in [2.24, 2.45) is 5.92 Å². The lowest BCUT2D eigenvalue weighted by molar-refractivity contribution is -0.140. The third-order valence-corrected chi connectivity index (χ3v) is 3.26. The molecule has 0 unspecified atom stereocenters. The molecule has 0 bridgehead atoms. The van der Waals surface area contributed by atoms with E-state index in [1.807, 2.05) is 0 Å². The van der Waals surface area contributed by atoms with Gasteiger partial charge in [-0.1, -0.05) is 0 Å². The maximum Gasteiger partial charge on any atom is 0.434 e. The number of hydrogen-bond acceptors (Lipinski definition) is 4. The quantitative estimate of drug-likeness (QED) is 0.857. The summed E-state index contributed by atoms with van der Waals surface area (Å²) in [6.45, 7) is 1.30. The second-order valence-corrected chi connectivity index (χ2v) is 4.64. The van der Waals surface area contributed by atoms with Crippen LogP contribution in [0.4, 0.5) is 13.2 Å². The summed E-state index contributed by atoms with van der Waals surface area (Å²) in [6, 6.07) is 0. The Morgan fingerprint density at radius 2 is 2.29 bits per heavy atom. The largest absolute Gasteiger partial charge is 0.434 e. The second kappa shape index (κ2) is 4.61. The van der Waals surface area contributed by atoms with Crippen molar-refractivity contribution in [3.05, 3.63) is 16.1 Å². The third-order valence-electron chi connectivity index (χ3n) is 2.41. The Hall–Kier alpha value is -1.15. The molecule has 1 fully saturated rings. The molecule has 0 aliphatic carbocycles. The van der Waals surface area contributed by atoms with E-state index in [2.05, 4.69) is 15.6 Å². The highest BCUT2D eigenvalue weighted by molar-refractivity contribution is 7.09. The lowest BCUT2D eigenvalue weighted by Gasteiger charge is -2.25. The summed E-state index contributed by atoms with van der Waals surface area (Å²) in [7, 11) is 0. The number of rotatable bonds is 3. The van der Waals surface area contributed by atoms with Crippen molar-refractivity contribution in [1.82, 2.24) is 15.6 Å². The Balaban J connectivity index is 1.86. The van der Waals surface area contributed by atoms with Gasteiger partial charge >= 0.3 is 6.18 Å². The Labute approximate surface area is 99.2 Å². The van der Waals surface area contributed by atoms with Gasteiger partial charge in [-0.2, -0.15) is 13.2 Å².